The van der Waals surface area contributed by atoms with Crippen LogP contribution in [0.5, 0.6) is 0 Å². The molecule has 5 heteroatoms. The highest BCUT2D eigenvalue weighted by atomic mass is 35.5. The number of carboxylic acid groups (broad SMARTS) is 1. The van der Waals surface area contributed by atoms with Crippen LogP contribution in [-0.4, -0.2) is 22.3 Å². The van der Waals surface area contributed by atoms with Gasteiger partial charge in [-0.2, -0.15) is 0 Å². The van der Waals surface area contributed by atoms with E-state index in [1.54, 1.807) is 0 Å². The van der Waals surface area contributed by atoms with Gasteiger partial charge in [0.2, 0.25) is 0 Å². The van der Waals surface area contributed by atoms with Crippen molar-refractivity contribution in [2.75, 3.05) is 0 Å². The maximum absolute atomic E-state index is 9.65. The number of rotatable bonds is 2. The fourth-order valence-corrected chi connectivity index (χ4v) is 0.253. The maximum atomic E-state index is 9.65. The van der Waals surface area contributed by atoms with Gasteiger partial charge in [-0.3, -0.25) is 4.79 Å². The molecule has 0 aromatic rings. The van der Waals surface area contributed by atoms with E-state index in [4.69, 9.17) is 10.2 Å². The molecule has 9 heavy (non-hydrogen) atoms. The van der Waals surface area contributed by atoms with Crippen LogP contribution in [0.25, 0.3) is 0 Å². The van der Waals surface area contributed by atoms with E-state index < -0.39 is 12.1 Å². The first-order valence-electron chi connectivity index (χ1n) is 2.03. The van der Waals surface area contributed by atoms with Crippen LogP contribution in [0.1, 0.15) is 13.3 Å². The normalized spacial score (nSPS) is 10.4. The predicted octanol–water partition coefficient (Wildman–Crippen LogP) is 0.685. The minimum atomic E-state index is -0.963. The summed E-state index contributed by atoms with van der Waals surface area (Å²) in [6, 6.07) is 0. The van der Waals surface area contributed by atoms with Gasteiger partial charge in [-0.15, -0.1) is 24.8 Å². The number of halogens is 2. The lowest BCUT2D eigenvalue weighted by Gasteiger charge is -1.94. The third kappa shape index (κ3) is 18.0. The van der Waals surface area contributed by atoms with Crippen LogP contribution in [0, 0.1) is 0 Å². The summed E-state index contributed by atoms with van der Waals surface area (Å²) in [6.45, 7) is 1.44. The lowest BCUT2D eigenvalue weighted by Crippen LogP contribution is -2.07. The molecule has 0 saturated carbocycles. The Morgan fingerprint density at radius 3 is 1.89 bits per heavy atom. The summed E-state index contributed by atoms with van der Waals surface area (Å²) >= 11 is 0. The fourth-order valence-electron chi connectivity index (χ4n) is 0.253. The van der Waals surface area contributed by atoms with Crippen molar-refractivity contribution in [2.45, 2.75) is 19.4 Å². The van der Waals surface area contributed by atoms with Gasteiger partial charge in [0.15, 0.2) is 0 Å². The molecule has 0 amide bonds. The average molecular weight is 177 g/mol. The van der Waals surface area contributed by atoms with Crippen molar-refractivity contribution >= 4 is 30.8 Å². The summed E-state index contributed by atoms with van der Waals surface area (Å²) in [5.74, 6) is -0.963. The average Bonchev–Trinajstić information content (AvgIpc) is 1.27. The van der Waals surface area contributed by atoms with Gasteiger partial charge in [-0.05, 0) is 6.92 Å². The van der Waals surface area contributed by atoms with Crippen molar-refractivity contribution in [3.05, 3.63) is 0 Å². The Balaban J connectivity index is -0.000000180. The number of hydrogen-bond donors (Lipinski definition) is 2. The van der Waals surface area contributed by atoms with Crippen molar-refractivity contribution in [3.8, 4) is 0 Å². The van der Waals surface area contributed by atoms with E-state index in [-0.39, 0.29) is 31.2 Å². The molecule has 0 rings (SSSR count). The van der Waals surface area contributed by atoms with Gasteiger partial charge in [0, 0.05) is 0 Å². The highest BCUT2D eigenvalue weighted by Gasteiger charge is 2.00. The molecule has 58 valence electrons. The van der Waals surface area contributed by atoms with Gasteiger partial charge in [0.05, 0.1) is 12.5 Å². The van der Waals surface area contributed by atoms with Gasteiger partial charge >= 0.3 is 5.97 Å². The van der Waals surface area contributed by atoms with E-state index in [2.05, 4.69) is 0 Å². The summed E-state index contributed by atoms with van der Waals surface area (Å²) in [5.41, 5.74) is 0. The van der Waals surface area contributed by atoms with Crippen molar-refractivity contribution in [3.63, 3.8) is 0 Å². The molecule has 0 aromatic carbocycles. The highest BCUT2D eigenvalue weighted by Crippen LogP contribution is 1.85. The third-order valence-corrected chi connectivity index (χ3v) is 0.470. The van der Waals surface area contributed by atoms with Gasteiger partial charge in [0.25, 0.3) is 0 Å². The number of hydrogen-bond acceptors (Lipinski definition) is 2. The summed E-state index contributed by atoms with van der Waals surface area (Å²) < 4.78 is 0. The Morgan fingerprint density at radius 2 is 1.89 bits per heavy atom. The standard InChI is InChI=1S/C4H8O3.2ClH/c1-3(5)2-4(6)7;;/h3,5H,2H2,1H3,(H,6,7);2*1H. The number of aliphatic hydroxyl groups excluding tert-OH is 1. The minimum Gasteiger partial charge on any atom is -0.481 e. The van der Waals surface area contributed by atoms with Gasteiger partial charge in [0.1, 0.15) is 0 Å². The molecule has 1 atom stereocenters. The zero-order valence-corrected chi connectivity index (χ0v) is 6.54. The lowest BCUT2D eigenvalue weighted by atomic mass is 10.3. The SMILES string of the molecule is CC(O)CC(=O)O.Cl.Cl. The number of carboxylic acids is 1. The number of aliphatic carboxylic acids is 1. The Kier molecular flexibility index (Phi) is 14.2. The van der Waals surface area contributed by atoms with E-state index in [0.29, 0.717) is 0 Å². The molecule has 3 nitrogen and oxygen atoms in total. The van der Waals surface area contributed by atoms with Crippen LogP contribution in [0.4, 0.5) is 0 Å². The molecule has 0 aliphatic rings. The van der Waals surface area contributed by atoms with Gasteiger partial charge < -0.3 is 10.2 Å². The van der Waals surface area contributed by atoms with Crippen LogP contribution in [0.3, 0.4) is 0 Å². The molecule has 0 aliphatic carbocycles. The predicted molar refractivity (Wildman–Crippen MR) is 38.4 cm³/mol. The molecule has 0 bridgehead atoms. The molecule has 0 aromatic heterocycles. The Bertz CT molecular complexity index is 74.2. The monoisotopic (exact) mass is 176 g/mol. The van der Waals surface area contributed by atoms with E-state index in [0.717, 1.165) is 0 Å². The quantitative estimate of drug-likeness (QED) is 0.652. The Labute approximate surface area is 65.9 Å². The molecule has 0 aliphatic heterocycles. The highest BCUT2D eigenvalue weighted by molar-refractivity contribution is 5.85. The molecule has 0 radical (unpaired) electrons. The van der Waals surface area contributed by atoms with E-state index in [9.17, 15) is 4.79 Å². The summed E-state index contributed by atoms with van der Waals surface area (Å²) in [4.78, 5) is 9.65. The topological polar surface area (TPSA) is 57.5 Å². The van der Waals surface area contributed by atoms with E-state index in [1.807, 2.05) is 0 Å². The first-order valence-corrected chi connectivity index (χ1v) is 2.03. The summed E-state index contributed by atoms with van der Waals surface area (Å²) in [7, 11) is 0. The van der Waals surface area contributed by atoms with Gasteiger partial charge in [-0.25, -0.2) is 0 Å². The molecule has 0 fully saturated rings. The summed E-state index contributed by atoms with van der Waals surface area (Å²) in [5, 5.41) is 16.3. The van der Waals surface area contributed by atoms with Crippen LogP contribution < -0.4 is 0 Å². The second-order valence-corrected chi connectivity index (χ2v) is 1.45. The van der Waals surface area contributed by atoms with Crippen LogP contribution >= 0.6 is 24.8 Å². The first kappa shape index (κ1) is 16.0. The molecular weight excluding hydrogens is 167 g/mol. The van der Waals surface area contributed by atoms with Crippen molar-refractivity contribution in [2.24, 2.45) is 0 Å². The fraction of sp³-hybridized carbons (Fsp3) is 0.750. The third-order valence-electron chi connectivity index (χ3n) is 0.470. The summed E-state index contributed by atoms with van der Waals surface area (Å²) in [6.07, 6.45) is -0.891. The zero-order valence-electron chi connectivity index (χ0n) is 4.90. The molecule has 2 N–H and O–H groups in total. The maximum Gasteiger partial charge on any atom is 0.305 e. The van der Waals surface area contributed by atoms with E-state index >= 15 is 0 Å². The second-order valence-electron chi connectivity index (χ2n) is 1.45. The molecular formula is C4H10Cl2O3. The minimum absolute atomic E-state index is 0. The van der Waals surface area contributed by atoms with Crippen molar-refractivity contribution in [1.29, 1.82) is 0 Å². The molecule has 0 spiro atoms. The van der Waals surface area contributed by atoms with Crippen LogP contribution in [0.2, 0.25) is 0 Å². The van der Waals surface area contributed by atoms with Crippen molar-refractivity contribution in [1.82, 2.24) is 0 Å². The lowest BCUT2D eigenvalue weighted by molar-refractivity contribution is -0.138. The molecule has 1 unspecified atom stereocenters. The Hall–Kier alpha value is 0.01000. The van der Waals surface area contributed by atoms with E-state index in [1.165, 1.54) is 6.92 Å². The first-order chi connectivity index (χ1) is 3.13. The van der Waals surface area contributed by atoms with Gasteiger partial charge in [-0.1, -0.05) is 0 Å². The van der Waals surface area contributed by atoms with Crippen LogP contribution in [-0.2, 0) is 4.79 Å². The zero-order chi connectivity index (χ0) is 5.86. The van der Waals surface area contributed by atoms with Crippen molar-refractivity contribution < 1.29 is 15.0 Å². The largest absolute Gasteiger partial charge is 0.481 e. The molecule has 0 saturated heterocycles. The smallest absolute Gasteiger partial charge is 0.305 e. The molecule has 0 heterocycles. The Morgan fingerprint density at radius 1 is 1.56 bits per heavy atom. The second kappa shape index (κ2) is 8.01. The number of carbonyl (C=O) groups is 1. The number of aliphatic hydroxyl groups is 1. The van der Waals surface area contributed by atoms with Crippen LogP contribution in [0.15, 0.2) is 0 Å².